The third-order valence-corrected chi connectivity index (χ3v) is 4.14. The fraction of sp³-hybridized carbons (Fsp3) is 0.588. The van der Waals surface area contributed by atoms with Gasteiger partial charge in [-0.3, -0.25) is 4.79 Å². The minimum Gasteiger partial charge on any atom is -0.338 e. The zero-order valence-corrected chi connectivity index (χ0v) is 12.9. The van der Waals surface area contributed by atoms with E-state index in [0.29, 0.717) is 12.5 Å². The Hall–Kier alpha value is -1.35. The molecule has 1 unspecified atom stereocenters. The van der Waals surface area contributed by atoms with Crippen molar-refractivity contribution in [2.45, 2.75) is 39.0 Å². The van der Waals surface area contributed by atoms with Crippen LogP contribution in [0.3, 0.4) is 0 Å². The van der Waals surface area contributed by atoms with Gasteiger partial charge < -0.3 is 10.6 Å². The highest BCUT2D eigenvalue weighted by atomic mass is 16.2. The lowest BCUT2D eigenvalue weighted by molar-refractivity contribution is 0.0678. The van der Waals surface area contributed by atoms with E-state index < -0.39 is 0 Å². The monoisotopic (exact) mass is 274 g/mol. The Balaban J connectivity index is 2.09. The molecule has 3 heteroatoms. The molecule has 0 radical (unpaired) electrons. The number of nitrogens with zero attached hydrogens (tertiary/aromatic N) is 1. The van der Waals surface area contributed by atoms with Gasteiger partial charge in [0.2, 0.25) is 0 Å². The summed E-state index contributed by atoms with van der Waals surface area (Å²) in [5.41, 5.74) is 7.90. The summed E-state index contributed by atoms with van der Waals surface area (Å²) in [5, 5.41) is 0. The molecule has 1 aromatic rings. The smallest absolute Gasteiger partial charge is 0.253 e. The van der Waals surface area contributed by atoms with E-state index >= 15 is 0 Å². The Bertz CT molecular complexity index is 459. The molecule has 0 spiro atoms. The van der Waals surface area contributed by atoms with Gasteiger partial charge in [0.1, 0.15) is 0 Å². The molecule has 2 rings (SSSR count). The Labute approximate surface area is 122 Å². The molecule has 1 heterocycles. The summed E-state index contributed by atoms with van der Waals surface area (Å²) in [6.07, 6.45) is 2.21. The number of rotatable bonds is 2. The molecule has 1 fully saturated rings. The van der Waals surface area contributed by atoms with Crippen LogP contribution in [-0.2, 0) is 5.41 Å². The van der Waals surface area contributed by atoms with E-state index in [1.807, 2.05) is 17.0 Å². The van der Waals surface area contributed by atoms with Crippen molar-refractivity contribution >= 4 is 5.91 Å². The Morgan fingerprint density at radius 3 is 2.50 bits per heavy atom. The van der Waals surface area contributed by atoms with E-state index in [9.17, 15) is 4.79 Å². The zero-order valence-electron chi connectivity index (χ0n) is 12.9. The highest BCUT2D eigenvalue weighted by molar-refractivity contribution is 5.94. The maximum Gasteiger partial charge on any atom is 0.253 e. The van der Waals surface area contributed by atoms with Crippen LogP contribution in [0.1, 0.15) is 49.5 Å². The molecule has 20 heavy (non-hydrogen) atoms. The van der Waals surface area contributed by atoms with Crippen molar-refractivity contribution in [1.29, 1.82) is 0 Å². The molecule has 1 saturated heterocycles. The van der Waals surface area contributed by atoms with E-state index in [-0.39, 0.29) is 11.3 Å². The van der Waals surface area contributed by atoms with Gasteiger partial charge in [0.25, 0.3) is 5.91 Å². The van der Waals surface area contributed by atoms with Crippen LogP contribution < -0.4 is 5.73 Å². The zero-order chi connectivity index (χ0) is 14.8. The average molecular weight is 274 g/mol. The highest BCUT2D eigenvalue weighted by Crippen LogP contribution is 2.23. The number of benzene rings is 1. The van der Waals surface area contributed by atoms with E-state index in [1.165, 1.54) is 5.56 Å². The van der Waals surface area contributed by atoms with Gasteiger partial charge in [0.05, 0.1) is 0 Å². The first-order valence-corrected chi connectivity index (χ1v) is 7.51. The lowest BCUT2D eigenvalue weighted by atomic mass is 9.86. The highest BCUT2D eigenvalue weighted by Gasteiger charge is 2.24. The summed E-state index contributed by atoms with van der Waals surface area (Å²) in [6.45, 7) is 8.88. The second-order valence-corrected chi connectivity index (χ2v) is 6.82. The quantitative estimate of drug-likeness (QED) is 0.901. The van der Waals surface area contributed by atoms with Crippen molar-refractivity contribution in [3.8, 4) is 0 Å². The van der Waals surface area contributed by atoms with Gasteiger partial charge in [-0.15, -0.1) is 0 Å². The third kappa shape index (κ3) is 3.40. The van der Waals surface area contributed by atoms with Crippen LogP contribution in [0.15, 0.2) is 24.3 Å². The number of amides is 1. The topological polar surface area (TPSA) is 46.3 Å². The van der Waals surface area contributed by atoms with Gasteiger partial charge >= 0.3 is 0 Å². The van der Waals surface area contributed by atoms with Crippen LogP contribution in [-0.4, -0.2) is 30.4 Å². The SMILES string of the molecule is CC(C)(C)c1ccc(C(=O)N2CCCC(CN)C2)cc1. The number of hydrogen-bond donors (Lipinski definition) is 1. The third-order valence-electron chi connectivity index (χ3n) is 4.14. The molecule has 2 N–H and O–H groups in total. The van der Waals surface area contributed by atoms with Crippen LogP contribution in [0.4, 0.5) is 0 Å². The molecule has 0 saturated carbocycles. The van der Waals surface area contributed by atoms with Gasteiger partial charge in [0.15, 0.2) is 0 Å². The fourth-order valence-corrected chi connectivity index (χ4v) is 2.74. The average Bonchev–Trinajstić information content (AvgIpc) is 2.46. The van der Waals surface area contributed by atoms with Crippen molar-refractivity contribution in [2.24, 2.45) is 11.7 Å². The van der Waals surface area contributed by atoms with Crippen molar-refractivity contribution in [2.75, 3.05) is 19.6 Å². The largest absolute Gasteiger partial charge is 0.338 e. The number of likely N-dealkylation sites (tertiary alicyclic amines) is 1. The molecule has 0 bridgehead atoms. The molecule has 1 aliphatic heterocycles. The molecule has 3 nitrogen and oxygen atoms in total. The summed E-state index contributed by atoms with van der Waals surface area (Å²) in [4.78, 5) is 14.5. The van der Waals surface area contributed by atoms with Crippen LogP contribution >= 0.6 is 0 Å². The molecule has 1 aromatic carbocycles. The Morgan fingerprint density at radius 1 is 1.30 bits per heavy atom. The van der Waals surface area contributed by atoms with Crippen LogP contribution in [0.2, 0.25) is 0 Å². The summed E-state index contributed by atoms with van der Waals surface area (Å²) in [5.74, 6) is 0.602. The number of carbonyl (C=O) groups is 1. The summed E-state index contributed by atoms with van der Waals surface area (Å²) < 4.78 is 0. The molecular formula is C17H26N2O. The second-order valence-electron chi connectivity index (χ2n) is 6.82. The van der Waals surface area contributed by atoms with Crippen LogP contribution in [0.25, 0.3) is 0 Å². The number of nitrogens with two attached hydrogens (primary N) is 1. The predicted octanol–water partition coefficient (Wildman–Crippen LogP) is 2.80. The number of hydrogen-bond acceptors (Lipinski definition) is 2. The number of carbonyl (C=O) groups excluding carboxylic acids is 1. The first-order chi connectivity index (χ1) is 9.41. The minimum atomic E-state index is 0.122. The molecule has 110 valence electrons. The molecule has 1 amide bonds. The molecule has 0 aromatic heterocycles. The maximum absolute atomic E-state index is 12.5. The molecule has 0 aliphatic carbocycles. The van der Waals surface area contributed by atoms with E-state index in [4.69, 9.17) is 5.73 Å². The van der Waals surface area contributed by atoms with Gasteiger partial charge in [0, 0.05) is 18.7 Å². The lowest BCUT2D eigenvalue weighted by Gasteiger charge is -2.32. The Morgan fingerprint density at radius 2 is 1.95 bits per heavy atom. The van der Waals surface area contributed by atoms with Crippen LogP contribution in [0.5, 0.6) is 0 Å². The van der Waals surface area contributed by atoms with Gasteiger partial charge in [-0.2, -0.15) is 0 Å². The summed E-state index contributed by atoms with van der Waals surface area (Å²) in [7, 11) is 0. The molecular weight excluding hydrogens is 248 g/mol. The van der Waals surface area contributed by atoms with E-state index in [2.05, 4.69) is 32.9 Å². The first kappa shape index (κ1) is 15.0. The minimum absolute atomic E-state index is 0.122. The van der Waals surface area contributed by atoms with Crippen LogP contribution in [0, 0.1) is 5.92 Å². The van der Waals surface area contributed by atoms with Gasteiger partial charge in [-0.25, -0.2) is 0 Å². The predicted molar refractivity (Wildman–Crippen MR) is 82.8 cm³/mol. The lowest BCUT2D eigenvalue weighted by Crippen LogP contribution is -2.42. The van der Waals surface area contributed by atoms with Crippen molar-refractivity contribution in [1.82, 2.24) is 4.90 Å². The summed E-state index contributed by atoms with van der Waals surface area (Å²) in [6, 6.07) is 8.04. The Kier molecular flexibility index (Phi) is 4.48. The normalized spacial score (nSPS) is 20.0. The van der Waals surface area contributed by atoms with Crippen molar-refractivity contribution in [3.05, 3.63) is 35.4 Å². The van der Waals surface area contributed by atoms with E-state index in [1.54, 1.807) is 0 Å². The maximum atomic E-state index is 12.5. The van der Waals surface area contributed by atoms with Gasteiger partial charge in [-0.05, 0) is 48.4 Å². The molecule has 1 aliphatic rings. The fourth-order valence-electron chi connectivity index (χ4n) is 2.74. The molecule has 1 atom stereocenters. The first-order valence-electron chi connectivity index (χ1n) is 7.51. The van der Waals surface area contributed by atoms with E-state index in [0.717, 1.165) is 31.5 Å². The summed E-state index contributed by atoms with van der Waals surface area (Å²) >= 11 is 0. The van der Waals surface area contributed by atoms with Gasteiger partial charge in [-0.1, -0.05) is 32.9 Å². The van der Waals surface area contributed by atoms with Crippen molar-refractivity contribution < 1.29 is 4.79 Å². The second kappa shape index (κ2) is 5.96. The standard InChI is InChI=1S/C17H26N2O/c1-17(2,3)15-8-6-14(7-9-15)16(20)19-10-4-5-13(11-18)12-19/h6-9,13H,4-5,10-12,18H2,1-3H3. The number of piperidine rings is 1. The van der Waals surface area contributed by atoms with Crippen molar-refractivity contribution in [3.63, 3.8) is 0 Å².